The predicted octanol–water partition coefficient (Wildman–Crippen LogP) is 3.21. The molecule has 0 spiro atoms. The van der Waals surface area contributed by atoms with Gasteiger partial charge < -0.3 is 102 Å². The van der Waals surface area contributed by atoms with E-state index < -0.39 is 236 Å². The number of aldehydes is 1. The number of para-hydroxylation sites is 1. The normalized spacial score (nSPS) is 24.8. The minimum Gasteiger partial charge on any atom is -0.508 e. The summed E-state index contributed by atoms with van der Waals surface area (Å²) in [5.74, 6) is -19.1. The minimum absolute atomic E-state index is 0.0123. The van der Waals surface area contributed by atoms with Crippen LogP contribution in [-0.4, -0.2) is 281 Å². The van der Waals surface area contributed by atoms with Gasteiger partial charge in [-0.1, -0.05) is 157 Å². The number of phenolic OH excluding ortho intramolecular Hbond substituents is 2. The van der Waals surface area contributed by atoms with E-state index in [1.54, 1.807) is 112 Å². The molecule has 706 valence electrons. The first-order valence-corrected chi connectivity index (χ1v) is 45.1. The number of phenols is 2. The number of aliphatic carboxylic acids is 1. The molecule has 3 fully saturated rings. The summed E-state index contributed by atoms with van der Waals surface area (Å²) in [6.45, 7) is 7.31. The number of carbonyl (C=O) groups is 15. The number of aliphatic hydroxyl groups is 2. The van der Waals surface area contributed by atoms with E-state index in [4.69, 9.17) is 0 Å². The molecular formula is C95H116F2N14O20S. The summed E-state index contributed by atoms with van der Waals surface area (Å²) in [5, 5.41) is 76.3. The van der Waals surface area contributed by atoms with Gasteiger partial charge in [-0.2, -0.15) is 0 Å². The van der Waals surface area contributed by atoms with Crippen LogP contribution in [0.4, 0.5) is 8.78 Å². The fraction of sp³-hybridized carbons (Fsp3) is 0.442. The summed E-state index contributed by atoms with van der Waals surface area (Å²) in [4.78, 5) is 233. The van der Waals surface area contributed by atoms with Crippen LogP contribution in [0.2, 0.25) is 0 Å². The number of fused-ring (bicyclic) bond motifs is 3. The third kappa shape index (κ3) is 27.3. The number of carbonyl (C=O) groups excluding carboxylic acids is 14. The first-order chi connectivity index (χ1) is 62.9. The van der Waals surface area contributed by atoms with Gasteiger partial charge in [-0.05, 0) is 101 Å². The van der Waals surface area contributed by atoms with Gasteiger partial charge in [0.2, 0.25) is 76.8 Å². The number of hydrogen-bond donors (Lipinski definition) is 14. The van der Waals surface area contributed by atoms with Gasteiger partial charge in [0.15, 0.2) is 11.6 Å². The molecule has 37 heteroatoms. The van der Waals surface area contributed by atoms with Crippen molar-refractivity contribution in [2.75, 3.05) is 45.7 Å². The maximum absolute atomic E-state index is 15.8. The number of hydrogen-bond acceptors (Lipinski definition) is 20. The molecule has 34 nitrogen and oxygen atoms in total. The second-order valence-corrected chi connectivity index (χ2v) is 35.6. The van der Waals surface area contributed by atoms with E-state index in [9.17, 15) is 58.7 Å². The Morgan fingerprint density at radius 3 is 1.51 bits per heavy atom. The van der Waals surface area contributed by atoms with E-state index in [0.29, 0.717) is 51.4 Å². The number of nitrogens with zero attached hydrogens (tertiary/aromatic N) is 5. The molecule has 0 saturated carbocycles. The number of amides is 13. The van der Waals surface area contributed by atoms with Gasteiger partial charge in [-0.15, -0.1) is 11.8 Å². The highest BCUT2D eigenvalue weighted by atomic mass is 32.2. The van der Waals surface area contributed by atoms with Crippen LogP contribution >= 0.6 is 11.8 Å². The summed E-state index contributed by atoms with van der Waals surface area (Å²) in [6.07, 6.45) is -4.28. The Kier molecular flexibility index (Phi) is 36.0. The molecule has 1 aromatic heterocycles. The van der Waals surface area contributed by atoms with E-state index in [1.807, 2.05) is 0 Å². The molecule has 15 atom stereocenters. The lowest BCUT2D eigenvalue weighted by Crippen LogP contribution is -2.62. The SMILES string of the molecule is CCCC[C@H]1C(=O)N2C[C@@H](O)C[C@@H]2C(=O)N[C@@H](CC(=O)O)C(=O)N[C@@H](C(C)C)C(=O)N(C)[C@@H](Cc2ccccc2)C(=O)N[C@@H](Cc2ccc(O)cc2)C(=O)N2C[C@@H](O)C[C@@H]2C(=O)N[C@@H](Cc2c[nH]c3ccccc23)C(=O)N[C@@H](Cc2ccc(O)cc2)C(=O)N[C@@H](CC(C)C)C(=O)N[C@H](C=O)CSCC(=O)N[C@@H](Cc2ccc(F)c(F)c2)C(=O)N(C)[C@@H](Cc2ccccc2)C(=O)N1C. The van der Waals surface area contributed by atoms with Crippen LogP contribution in [-0.2, 0) is 110 Å². The topological polar surface area (TPSA) is 485 Å². The Hall–Kier alpha value is -13.2. The lowest BCUT2D eigenvalue weighted by atomic mass is 9.98. The zero-order chi connectivity index (χ0) is 95.9. The summed E-state index contributed by atoms with van der Waals surface area (Å²) < 4.78 is 29.7. The molecule has 3 aliphatic rings. The summed E-state index contributed by atoms with van der Waals surface area (Å²) in [7, 11) is 3.79. The second kappa shape index (κ2) is 47.1. The maximum atomic E-state index is 15.8. The van der Waals surface area contributed by atoms with E-state index in [1.165, 1.54) is 89.6 Å². The largest absolute Gasteiger partial charge is 0.508 e. The van der Waals surface area contributed by atoms with Crippen molar-refractivity contribution in [1.82, 2.24) is 72.0 Å². The number of benzene rings is 6. The maximum Gasteiger partial charge on any atom is 0.305 e. The predicted molar refractivity (Wildman–Crippen MR) is 483 cm³/mol. The quantitative estimate of drug-likeness (QED) is 0.0459. The summed E-state index contributed by atoms with van der Waals surface area (Å²) in [5.41, 5.74) is 2.83. The number of aromatic hydroxyl groups is 2. The van der Waals surface area contributed by atoms with Crippen molar-refractivity contribution in [3.8, 4) is 11.5 Å². The number of rotatable bonds is 21. The fourth-order valence-electron chi connectivity index (χ4n) is 16.6. The minimum atomic E-state index is -2.02. The van der Waals surface area contributed by atoms with Gasteiger partial charge in [0.1, 0.15) is 90.3 Å². The molecule has 0 unspecified atom stereocenters. The van der Waals surface area contributed by atoms with Crippen LogP contribution in [0.5, 0.6) is 11.5 Å². The summed E-state index contributed by atoms with van der Waals surface area (Å²) in [6, 6.07) is 16.8. The van der Waals surface area contributed by atoms with Crippen molar-refractivity contribution >= 4 is 112 Å². The van der Waals surface area contributed by atoms with Crippen LogP contribution in [0.3, 0.4) is 0 Å². The smallest absolute Gasteiger partial charge is 0.305 e. The molecule has 4 heterocycles. The summed E-state index contributed by atoms with van der Waals surface area (Å²) >= 11 is 0.815. The van der Waals surface area contributed by atoms with Crippen molar-refractivity contribution < 1.29 is 106 Å². The number of unbranched alkanes of at least 4 members (excludes halogenated alkanes) is 1. The van der Waals surface area contributed by atoms with Crippen molar-refractivity contribution in [2.24, 2.45) is 11.8 Å². The molecular weight excluding hydrogens is 1730 g/mol. The highest BCUT2D eigenvalue weighted by Crippen LogP contribution is 2.29. The highest BCUT2D eigenvalue weighted by molar-refractivity contribution is 8.00. The van der Waals surface area contributed by atoms with Gasteiger partial charge in [0, 0.05) is 108 Å². The number of likely N-dealkylation sites (N-methyl/N-ethyl adjacent to an activating group) is 3. The van der Waals surface area contributed by atoms with E-state index in [0.717, 1.165) is 48.4 Å². The number of aromatic nitrogens is 1. The lowest BCUT2D eigenvalue weighted by Gasteiger charge is -2.38. The molecule has 132 heavy (non-hydrogen) atoms. The van der Waals surface area contributed by atoms with Crippen LogP contribution < -0.4 is 42.5 Å². The number of aliphatic hydroxyl groups excluding tert-OH is 2. The lowest BCUT2D eigenvalue weighted by molar-refractivity contribution is -0.152. The standard InChI is InChI=1S/C95H116F2N14O20S/c1-9-10-25-76-94(130)111-49-65(116)45-79(111)90(126)104-73(46-82(118)119)87(123)106-83(54(4)5)95(131)108(7)77(41-55-19-13-11-14-20-55)88(124)105-75(39-58-28-33-63(114)34-29-58)92(128)110-48-64(115)44-78(110)89(125)103-72(43-60-47-98-69-24-18-17-23-66(60)69)86(122)102-71(38-57-26-31-62(113)32-27-57)85(121)101-70(36-53(2)3)84(120)99-61(50-112)51-132-52-81(117)100-74(40-59-30-35-67(96)68(97)37-59)91(127)109(8)80(93(129)107(76)6)42-56-21-15-12-16-22-56/h11-24,26-35,37,47,50,53-54,61,64-65,70-80,83,98,113-116H,9-10,25,36,38-46,48-49,51-52H2,1-8H3,(H,99,120)(H,100,117)(H,101,121)(H,102,122)(H,103,125)(H,104,126)(H,105,124)(H,106,123)(H,118,119)/t61-,64+,65+,70+,71+,72+,73+,74+,75+,76+,77+,78-,79-,80+,83+/m1/s1. The zero-order valence-corrected chi connectivity index (χ0v) is 75.5. The Labute approximate surface area is 766 Å². The number of thioether (sulfide) groups is 1. The Morgan fingerprint density at radius 1 is 0.477 bits per heavy atom. The van der Waals surface area contributed by atoms with E-state index in [2.05, 4.69) is 47.5 Å². The number of H-pyrrole nitrogens is 1. The molecule has 7 aromatic rings. The second-order valence-electron chi connectivity index (χ2n) is 34.6. The van der Waals surface area contributed by atoms with Gasteiger partial charge >= 0.3 is 5.97 Å². The van der Waals surface area contributed by atoms with Crippen LogP contribution in [0.1, 0.15) is 113 Å². The first-order valence-electron chi connectivity index (χ1n) is 44.0. The monoisotopic (exact) mass is 1840 g/mol. The van der Waals surface area contributed by atoms with E-state index in [-0.39, 0.29) is 80.1 Å². The Bertz CT molecular complexity index is 5270. The van der Waals surface area contributed by atoms with Gasteiger partial charge in [0.25, 0.3) is 0 Å². The van der Waals surface area contributed by atoms with Gasteiger partial charge in [-0.25, -0.2) is 8.78 Å². The van der Waals surface area contributed by atoms with Gasteiger partial charge in [0.05, 0.1) is 30.4 Å². The fourth-order valence-corrected chi connectivity index (χ4v) is 17.4. The molecule has 0 bridgehead atoms. The van der Waals surface area contributed by atoms with Crippen LogP contribution in [0.25, 0.3) is 10.9 Å². The number of carboxylic acid groups (broad SMARTS) is 1. The molecule has 3 saturated heterocycles. The average Bonchev–Trinajstić information content (AvgIpc) is 1.61. The number of aromatic amines is 1. The van der Waals surface area contributed by atoms with Gasteiger partial charge in [-0.3, -0.25) is 67.1 Å². The van der Waals surface area contributed by atoms with Crippen molar-refractivity contribution in [3.05, 3.63) is 203 Å². The number of halogens is 2. The zero-order valence-electron chi connectivity index (χ0n) is 74.7. The highest BCUT2D eigenvalue weighted by Gasteiger charge is 2.48. The molecule has 6 aromatic carbocycles. The first kappa shape index (κ1) is 101. The van der Waals surface area contributed by atoms with Crippen LogP contribution in [0.15, 0.2) is 158 Å². The third-order valence-corrected chi connectivity index (χ3v) is 24.9. The Morgan fingerprint density at radius 2 is 0.947 bits per heavy atom. The van der Waals surface area contributed by atoms with Crippen molar-refractivity contribution in [2.45, 2.75) is 209 Å². The van der Waals surface area contributed by atoms with E-state index >= 15 is 47.5 Å². The molecule has 10 rings (SSSR count). The van der Waals surface area contributed by atoms with Crippen molar-refractivity contribution in [3.63, 3.8) is 0 Å². The van der Waals surface area contributed by atoms with Crippen LogP contribution in [0, 0.1) is 23.5 Å². The molecule has 3 aliphatic heterocycles. The number of nitrogens with one attached hydrogen (secondary N) is 9. The molecule has 14 N–H and O–H groups in total. The molecule has 0 radical (unpaired) electrons. The molecule has 13 amide bonds. The molecule has 0 aliphatic carbocycles. The van der Waals surface area contributed by atoms with Crippen molar-refractivity contribution in [1.29, 1.82) is 0 Å². The third-order valence-electron chi connectivity index (χ3n) is 23.8. The Balaban J connectivity index is 1.04. The number of carboxylic acids is 1. The average molecular weight is 1840 g/mol.